The van der Waals surface area contributed by atoms with Gasteiger partial charge in [0.15, 0.2) is 0 Å². The second-order valence-electron chi connectivity index (χ2n) is 18.1. The van der Waals surface area contributed by atoms with E-state index in [1.807, 2.05) is 0 Å². The number of urea groups is 2. The van der Waals surface area contributed by atoms with Crippen LogP contribution in [-0.4, -0.2) is 88.5 Å². The molecule has 2 aromatic rings. The minimum Gasteiger partial charge on any atom is -0.307 e. The molecule has 4 unspecified atom stereocenters. The molecule has 0 aliphatic heterocycles. The topological polar surface area (TPSA) is 157 Å². The molecule has 0 spiro atoms. The minimum atomic E-state index is -3.91. The van der Waals surface area contributed by atoms with Crippen molar-refractivity contribution in [2.45, 2.75) is 161 Å². The molecule has 0 saturated heterocycles. The van der Waals surface area contributed by atoms with Gasteiger partial charge < -0.3 is 20.4 Å². The number of aryl methyl sites for hydroxylation is 3. The SMILES string of the molecule is CCCN(CCC)CCC(C)S(=O)(=O)NC(=O)Nc1c2c(cc3c1C(C1Cc4cc5c(c(NC(=O)NS(=O)(=O)CCC(C)N(CCC)CCC)c4C1)CCC5)CC3)CCC2. The molecule has 6 rings (SSSR count). The first kappa shape index (κ1) is 46.3. The van der Waals surface area contributed by atoms with Crippen LogP contribution in [0.15, 0.2) is 12.1 Å². The van der Waals surface area contributed by atoms with E-state index >= 15 is 0 Å². The fourth-order valence-corrected chi connectivity index (χ4v) is 12.7. The van der Waals surface area contributed by atoms with Crippen molar-refractivity contribution in [2.24, 2.45) is 5.92 Å². The van der Waals surface area contributed by atoms with E-state index in [-0.39, 0.29) is 23.6 Å². The van der Waals surface area contributed by atoms with Gasteiger partial charge in [0.1, 0.15) is 0 Å². The summed E-state index contributed by atoms with van der Waals surface area (Å²) in [5.41, 5.74) is 10.8. The molecule has 0 radical (unpaired) electrons. The Bertz CT molecular complexity index is 2080. The van der Waals surface area contributed by atoms with Crippen molar-refractivity contribution in [3.05, 3.63) is 56.6 Å². The van der Waals surface area contributed by atoms with Crippen LogP contribution in [0.2, 0.25) is 0 Å². The zero-order valence-electron chi connectivity index (χ0n) is 37.2. The van der Waals surface area contributed by atoms with Crippen molar-refractivity contribution in [3.8, 4) is 0 Å². The maximum atomic E-state index is 13.7. The highest BCUT2D eigenvalue weighted by Gasteiger charge is 2.40. The number of hydrogen-bond donors (Lipinski definition) is 4. The van der Waals surface area contributed by atoms with Crippen molar-refractivity contribution in [2.75, 3.05) is 49.1 Å². The number of anilines is 2. The van der Waals surface area contributed by atoms with E-state index in [9.17, 15) is 26.4 Å². The number of rotatable bonds is 21. The number of nitrogens with one attached hydrogen (secondary N) is 4. The molecule has 4 atom stereocenters. The van der Waals surface area contributed by atoms with Crippen LogP contribution >= 0.6 is 0 Å². The maximum absolute atomic E-state index is 13.7. The van der Waals surface area contributed by atoms with Crippen LogP contribution in [0.25, 0.3) is 0 Å². The molecule has 14 heteroatoms. The Kier molecular flexibility index (Phi) is 15.7. The molecule has 2 aromatic carbocycles. The molecule has 334 valence electrons. The van der Waals surface area contributed by atoms with E-state index in [0.29, 0.717) is 19.4 Å². The number of sulfonamides is 2. The summed E-state index contributed by atoms with van der Waals surface area (Å²) in [5.74, 6) is 0.207. The average molecular weight is 869 g/mol. The molecule has 4 aliphatic carbocycles. The van der Waals surface area contributed by atoms with Gasteiger partial charge in [-0.05, 0) is 206 Å². The van der Waals surface area contributed by atoms with E-state index < -0.39 is 37.4 Å². The van der Waals surface area contributed by atoms with Crippen LogP contribution in [0.4, 0.5) is 21.0 Å². The van der Waals surface area contributed by atoms with Crippen LogP contribution in [0, 0.1) is 5.92 Å². The number of carbonyl (C=O) groups is 2. The number of nitrogens with zero attached hydrogens (tertiary/aromatic N) is 2. The molecule has 0 heterocycles. The third kappa shape index (κ3) is 10.9. The Balaban J connectivity index is 1.17. The summed E-state index contributed by atoms with van der Waals surface area (Å²) < 4.78 is 58.1. The van der Waals surface area contributed by atoms with Gasteiger partial charge in [0.05, 0.1) is 11.0 Å². The summed E-state index contributed by atoms with van der Waals surface area (Å²) in [6.07, 6.45) is 13.7. The fourth-order valence-electron chi connectivity index (χ4n) is 10.7. The summed E-state index contributed by atoms with van der Waals surface area (Å²) in [6, 6.07) is 3.29. The Hall–Kier alpha value is -3.20. The Morgan fingerprint density at radius 2 is 1.25 bits per heavy atom. The predicted octanol–water partition coefficient (Wildman–Crippen LogP) is 7.81. The first-order valence-corrected chi connectivity index (χ1v) is 26.3. The lowest BCUT2D eigenvalue weighted by Gasteiger charge is -2.28. The van der Waals surface area contributed by atoms with Gasteiger partial charge in [0, 0.05) is 17.4 Å². The summed E-state index contributed by atoms with van der Waals surface area (Å²) in [7, 11) is -7.77. The standard InChI is InChI=1S/C46H72N6O6S2/c1-7-21-51(22-8-2)25-19-32(6)60(57,58)50-46(54)48-44-40-16-12-13-33(40)27-35-17-18-38(42(35)44)37-29-36-28-34-14-11-15-39(34)43(41(36)30-37)47-45(53)49-59(55,56)26-20-31(5)52(23-9-3)24-10-4/h27-28,31-32,37-38H,7-26,29-30H2,1-6H3,(H2,47,49,53)(H2,48,50,54). The number of amides is 4. The lowest BCUT2D eigenvalue weighted by atomic mass is 9.83. The second kappa shape index (κ2) is 20.3. The van der Waals surface area contributed by atoms with Crippen molar-refractivity contribution in [1.29, 1.82) is 0 Å². The minimum absolute atomic E-state index is 0.0907. The Morgan fingerprint density at radius 3 is 1.88 bits per heavy atom. The van der Waals surface area contributed by atoms with E-state index in [1.165, 1.54) is 22.3 Å². The number of hydrogen-bond acceptors (Lipinski definition) is 8. The molecule has 4 aliphatic rings. The smallest absolute Gasteiger partial charge is 0.307 e. The fraction of sp³-hybridized carbons (Fsp3) is 0.696. The molecule has 0 saturated carbocycles. The summed E-state index contributed by atoms with van der Waals surface area (Å²) >= 11 is 0. The first-order chi connectivity index (χ1) is 28.7. The molecule has 4 amide bonds. The van der Waals surface area contributed by atoms with Crippen LogP contribution in [-0.2, 0) is 65.0 Å². The molecular weight excluding hydrogens is 797 g/mol. The van der Waals surface area contributed by atoms with Gasteiger partial charge >= 0.3 is 12.1 Å². The molecule has 4 N–H and O–H groups in total. The monoisotopic (exact) mass is 868 g/mol. The van der Waals surface area contributed by atoms with Crippen molar-refractivity contribution < 1.29 is 26.4 Å². The van der Waals surface area contributed by atoms with Crippen LogP contribution in [0.5, 0.6) is 0 Å². The Labute approximate surface area is 360 Å². The Morgan fingerprint density at radius 1 is 0.667 bits per heavy atom. The van der Waals surface area contributed by atoms with Gasteiger partial charge in [-0.2, -0.15) is 0 Å². The molecule has 0 aromatic heterocycles. The highest BCUT2D eigenvalue weighted by atomic mass is 32.2. The number of benzene rings is 2. The van der Waals surface area contributed by atoms with Crippen molar-refractivity contribution in [3.63, 3.8) is 0 Å². The first-order valence-electron chi connectivity index (χ1n) is 23.1. The predicted molar refractivity (Wildman–Crippen MR) is 243 cm³/mol. The van der Waals surface area contributed by atoms with Crippen LogP contribution in [0.1, 0.15) is 150 Å². The van der Waals surface area contributed by atoms with Crippen molar-refractivity contribution in [1.82, 2.24) is 19.2 Å². The van der Waals surface area contributed by atoms with Crippen LogP contribution in [0.3, 0.4) is 0 Å². The normalized spacial score (nSPS) is 19.2. The summed E-state index contributed by atoms with van der Waals surface area (Å²) in [4.78, 5) is 31.8. The van der Waals surface area contributed by atoms with E-state index in [2.05, 4.69) is 76.6 Å². The van der Waals surface area contributed by atoms with Gasteiger partial charge in [-0.15, -0.1) is 0 Å². The molecular formula is C46H72N6O6S2. The third-order valence-electron chi connectivity index (χ3n) is 13.6. The van der Waals surface area contributed by atoms with E-state index in [4.69, 9.17) is 0 Å². The third-order valence-corrected chi connectivity index (χ3v) is 16.6. The average Bonchev–Trinajstić information content (AvgIpc) is 4.02. The molecule has 0 bridgehead atoms. The quantitative estimate of drug-likeness (QED) is 0.0990. The van der Waals surface area contributed by atoms with Gasteiger partial charge in [0.25, 0.3) is 0 Å². The van der Waals surface area contributed by atoms with Gasteiger partial charge in [-0.25, -0.2) is 35.9 Å². The zero-order chi connectivity index (χ0) is 43.2. The van der Waals surface area contributed by atoms with Gasteiger partial charge in [-0.3, -0.25) is 0 Å². The van der Waals surface area contributed by atoms with Gasteiger partial charge in [-0.1, -0.05) is 39.8 Å². The number of fused-ring (bicyclic) bond motifs is 4. The van der Waals surface area contributed by atoms with Crippen molar-refractivity contribution >= 4 is 43.5 Å². The lowest BCUT2D eigenvalue weighted by Crippen LogP contribution is -2.41. The van der Waals surface area contributed by atoms with Crippen LogP contribution < -0.4 is 20.1 Å². The maximum Gasteiger partial charge on any atom is 0.332 e. The summed E-state index contributed by atoms with van der Waals surface area (Å²) in [5, 5.41) is 5.42. The summed E-state index contributed by atoms with van der Waals surface area (Å²) in [6.45, 7) is 16.6. The van der Waals surface area contributed by atoms with E-state index in [1.54, 1.807) is 6.92 Å². The molecule has 60 heavy (non-hydrogen) atoms. The lowest BCUT2D eigenvalue weighted by molar-refractivity contribution is 0.205. The molecule has 12 nitrogen and oxygen atoms in total. The number of carbonyl (C=O) groups excluding carboxylic acids is 2. The van der Waals surface area contributed by atoms with E-state index in [0.717, 1.165) is 150 Å². The van der Waals surface area contributed by atoms with Gasteiger partial charge in [0.2, 0.25) is 20.0 Å². The highest BCUT2D eigenvalue weighted by molar-refractivity contribution is 7.90. The highest BCUT2D eigenvalue weighted by Crippen LogP contribution is 2.51. The zero-order valence-corrected chi connectivity index (χ0v) is 38.8. The molecule has 0 fully saturated rings. The second-order valence-corrected chi connectivity index (χ2v) is 22.0. The largest absolute Gasteiger partial charge is 0.332 e.